The Hall–Kier alpha value is -3.03. The molecular weight excluding hydrogens is 384 g/mol. The molecule has 0 aromatic carbocycles. The van der Waals surface area contributed by atoms with Crippen LogP contribution in [0.1, 0.15) is 55.7 Å². The van der Waals surface area contributed by atoms with Gasteiger partial charge >= 0.3 is 6.09 Å². The van der Waals surface area contributed by atoms with E-state index in [0.29, 0.717) is 31.2 Å². The van der Waals surface area contributed by atoms with E-state index in [9.17, 15) is 9.59 Å². The molecule has 30 heavy (non-hydrogen) atoms. The SMILES string of the molecule is COc1cc(CNC(=O)c2cccn2C2CCN(C(=O)OC(C)(C)C)CC2)ccn1. The fourth-order valence-electron chi connectivity index (χ4n) is 3.50. The number of hydrogen-bond acceptors (Lipinski definition) is 5. The van der Waals surface area contributed by atoms with Gasteiger partial charge in [0.1, 0.15) is 11.3 Å². The van der Waals surface area contributed by atoms with Gasteiger partial charge in [-0.3, -0.25) is 4.79 Å². The lowest BCUT2D eigenvalue weighted by molar-refractivity contribution is 0.0187. The number of aromatic nitrogens is 2. The van der Waals surface area contributed by atoms with Gasteiger partial charge in [-0.2, -0.15) is 0 Å². The lowest BCUT2D eigenvalue weighted by atomic mass is 10.0. The molecule has 0 bridgehead atoms. The maximum atomic E-state index is 12.8. The van der Waals surface area contributed by atoms with Gasteiger partial charge in [0.15, 0.2) is 0 Å². The smallest absolute Gasteiger partial charge is 0.410 e. The maximum Gasteiger partial charge on any atom is 0.410 e. The molecule has 3 heterocycles. The van der Waals surface area contributed by atoms with Crippen molar-refractivity contribution in [2.24, 2.45) is 0 Å². The number of pyridine rings is 1. The van der Waals surface area contributed by atoms with Crippen LogP contribution in [0.5, 0.6) is 5.88 Å². The van der Waals surface area contributed by atoms with Gasteiger partial charge in [-0.05, 0) is 57.4 Å². The van der Waals surface area contributed by atoms with Crippen molar-refractivity contribution in [2.45, 2.75) is 51.8 Å². The van der Waals surface area contributed by atoms with E-state index in [1.165, 1.54) is 0 Å². The van der Waals surface area contributed by atoms with Crippen molar-refractivity contribution in [1.82, 2.24) is 19.8 Å². The van der Waals surface area contributed by atoms with Gasteiger partial charge < -0.3 is 24.3 Å². The first-order valence-corrected chi connectivity index (χ1v) is 10.2. The van der Waals surface area contributed by atoms with Gasteiger partial charge in [0, 0.05) is 44.1 Å². The third kappa shape index (κ3) is 5.52. The summed E-state index contributed by atoms with van der Waals surface area (Å²) in [7, 11) is 1.56. The van der Waals surface area contributed by atoms with Crippen molar-refractivity contribution < 1.29 is 19.1 Å². The van der Waals surface area contributed by atoms with E-state index in [4.69, 9.17) is 9.47 Å². The second kappa shape index (κ2) is 9.19. The molecule has 162 valence electrons. The molecule has 3 rings (SSSR count). The number of carbonyl (C=O) groups is 2. The lowest BCUT2D eigenvalue weighted by Crippen LogP contribution is -2.42. The van der Waals surface area contributed by atoms with Gasteiger partial charge in [0.2, 0.25) is 5.88 Å². The number of methoxy groups -OCH3 is 1. The number of hydrogen-bond donors (Lipinski definition) is 1. The van der Waals surface area contributed by atoms with Crippen molar-refractivity contribution in [3.05, 3.63) is 47.9 Å². The van der Waals surface area contributed by atoms with E-state index in [-0.39, 0.29) is 18.0 Å². The predicted molar refractivity (Wildman–Crippen MR) is 112 cm³/mol. The number of rotatable bonds is 5. The van der Waals surface area contributed by atoms with E-state index in [1.54, 1.807) is 24.3 Å². The number of piperidine rings is 1. The Bertz CT molecular complexity index is 879. The fourth-order valence-corrected chi connectivity index (χ4v) is 3.50. The molecule has 1 aliphatic heterocycles. The summed E-state index contributed by atoms with van der Waals surface area (Å²) in [5, 5.41) is 2.96. The van der Waals surface area contributed by atoms with Crippen LogP contribution < -0.4 is 10.1 Å². The molecule has 1 aliphatic rings. The molecule has 2 aromatic rings. The zero-order chi connectivity index (χ0) is 21.7. The van der Waals surface area contributed by atoms with Crippen molar-refractivity contribution in [2.75, 3.05) is 20.2 Å². The third-order valence-corrected chi connectivity index (χ3v) is 4.98. The maximum absolute atomic E-state index is 12.8. The standard InChI is InChI=1S/C22H30N4O4/c1-22(2,3)30-21(28)25-12-8-17(9-13-25)26-11-5-6-18(26)20(27)24-15-16-7-10-23-19(14-16)29-4/h5-7,10-11,14,17H,8-9,12-13,15H2,1-4H3,(H,24,27). The monoisotopic (exact) mass is 414 g/mol. The second-order valence-electron chi connectivity index (χ2n) is 8.39. The van der Waals surface area contributed by atoms with E-state index >= 15 is 0 Å². The average molecular weight is 415 g/mol. The topological polar surface area (TPSA) is 85.7 Å². The molecule has 1 saturated heterocycles. The summed E-state index contributed by atoms with van der Waals surface area (Å²) < 4.78 is 12.6. The molecule has 1 N–H and O–H groups in total. The van der Waals surface area contributed by atoms with Crippen molar-refractivity contribution in [3.63, 3.8) is 0 Å². The molecule has 2 amide bonds. The van der Waals surface area contributed by atoms with Crippen LogP contribution in [0.4, 0.5) is 4.79 Å². The summed E-state index contributed by atoms with van der Waals surface area (Å²) in [5.41, 5.74) is 1.03. The summed E-state index contributed by atoms with van der Waals surface area (Å²) >= 11 is 0. The number of ether oxygens (including phenoxy) is 2. The van der Waals surface area contributed by atoms with Gasteiger partial charge in [-0.25, -0.2) is 9.78 Å². The first-order chi connectivity index (χ1) is 14.3. The Balaban J connectivity index is 1.57. The molecule has 2 aromatic heterocycles. The highest BCUT2D eigenvalue weighted by molar-refractivity contribution is 5.92. The van der Waals surface area contributed by atoms with Crippen LogP contribution >= 0.6 is 0 Å². The Labute approximate surface area is 177 Å². The summed E-state index contributed by atoms with van der Waals surface area (Å²) in [6, 6.07) is 7.51. The quantitative estimate of drug-likeness (QED) is 0.811. The Morgan fingerprint density at radius 2 is 1.97 bits per heavy atom. The highest BCUT2D eigenvalue weighted by atomic mass is 16.6. The summed E-state index contributed by atoms with van der Waals surface area (Å²) in [6.07, 6.45) is 4.85. The molecular formula is C22H30N4O4. The van der Waals surface area contributed by atoms with Crippen LogP contribution in [0, 0.1) is 0 Å². The number of nitrogens with zero attached hydrogens (tertiary/aromatic N) is 3. The summed E-state index contributed by atoms with van der Waals surface area (Å²) in [6.45, 7) is 7.20. The van der Waals surface area contributed by atoms with Gasteiger partial charge in [-0.1, -0.05) is 0 Å². The molecule has 8 heteroatoms. The molecule has 0 atom stereocenters. The molecule has 0 unspecified atom stereocenters. The van der Waals surface area contributed by atoms with E-state index in [1.807, 2.05) is 49.7 Å². The lowest BCUT2D eigenvalue weighted by Gasteiger charge is -2.34. The minimum Gasteiger partial charge on any atom is -0.481 e. The number of likely N-dealkylation sites (tertiary alicyclic amines) is 1. The number of nitrogens with one attached hydrogen (secondary N) is 1. The third-order valence-electron chi connectivity index (χ3n) is 4.98. The summed E-state index contributed by atoms with van der Waals surface area (Å²) in [5.74, 6) is 0.382. The molecule has 0 spiro atoms. The van der Waals surface area contributed by atoms with Crippen molar-refractivity contribution in [3.8, 4) is 5.88 Å². The zero-order valence-electron chi connectivity index (χ0n) is 18.1. The highest BCUT2D eigenvalue weighted by Gasteiger charge is 2.28. The number of amides is 2. The van der Waals surface area contributed by atoms with E-state index < -0.39 is 5.60 Å². The van der Waals surface area contributed by atoms with Crippen LogP contribution in [0.3, 0.4) is 0 Å². The zero-order valence-corrected chi connectivity index (χ0v) is 18.1. The number of carbonyl (C=O) groups excluding carboxylic acids is 2. The Morgan fingerprint density at radius 1 is 1.23 bits per heavy atom. The molecule has 1 fully saturated rings. The van der Waals surface area contributed by atoms with Gasteiger partial charge in [0.05, 0.1) is 7.11 Å². The minimum absolute atomic E-state index is 0.134. The van der Waals surface area contributed by atoms with Gasteiger partial charge in [-0.15, -0.1) is 0 Å². The van der Waals surface area contributed by atoms with E-state index in [0.717, 1.165) is 18.4 Å². The molecule has 0 radical (unpaired) electrons. The predicted octanol–water partition coefficient (Wildman–Crippen LogP) is 3.39. The Kier molecular flexibility index (Phi) is 6.64. The van der Waals surface area contributed by atoms with Crippen LogP contribution in [0.15, 0.2) is 36.7 Å². The van der Waals surface area contributed by atoms with Crippen molar-refractivity contribution in [1.29, 1.82) is 0 Å². The molecule has 0 aliphatic carbocycles. The first-order valence-electron chi connectivity index (χ1n) is 10.2. The van der Waals surface area contributed by atoms with Crippen LogP contribution in [-0.4, -0.2) is 52.3 Å². The second-order valence-corrected chi connectivity index (χ2v) is 8.39. The first kappa shape index (κ1) is 21.7. The molecule has 8 nitrogen and oxygen atoms in total. The Morgan fingerprint density at radius 3 is 2.63 bits per heavy atom. The fraction of sp³-hybridized carbons (Fsp3) is 0.500. The van der Waals surface area contributed by atoms with Crippen molar-refractivity contribution >= 4 is 12.0 Å². The van der Waals surface area contributed by atoms with Crippen LogP contribution in [-0.2, 0) is 11.3 Å². The molecule has 0 saturated carbocycles. The average Bonchev–Trinajstić information content (AvgIpc) is 3.21. The van der Waals surface area contributed by atoms with E-state index in [2.05, 4.69) is 10.3 Å². The van der Waals surface area contributed by atoms with Gasteiger partial charge in [0.25, 0.3) is 5.91 Å². The highest BCUT2D eigenvalue weighted by Crippen LogP contribution is 2.25. The largest absolute Gasteiger partial charge is 0.481 e. The summed E-state index contributed by atoms with van der Waals surface area (Å²) in [4.78, 5) is 30.8. The minimum atomic E-state index is -0.502. The van der Waals surface area contributed by atoms with Crippen LogP contribution in [0.25, 0.3) is 0 Å². The van der Waals surface area contributed by atoms with Crippen LogP contribution in [0.2, 0.25) is 0 Å². The normalized spacial score (nSPS) is 15.0.